The number of hydrogen-bond acceptors (Lipinski definition) is 6. The number of fused-ring (bicyclic) bond motifs is 2. The van der Waals surface area contributed by atoms with Crippen LogP contribution in [-0.2, 0) is 24.2 Å². The van der Waals surface area contributed by atoms with Crippen molar-refractivity contribution in [3.63, 3.8) is 0 Å². The Balaban J connectivity index is 1.39. The van der Waals surface area contributed by atoms with E-state index in [1.54, 1.807) is 12.1 Å². The fraction of sp³-hybridized carbons (Fsp3) is 0.219. The molecule has 0 aliphatic heterocycles. The third kappa shape index (κ3) is 5.67. The maximum Gasteiger partial charge on any atom is 0.266 e. The molecule has 0 fully saturated rings. The number of nitrogens with zero attached hydrogens (tertiary/aromatic N) is 2. The lowest BCUT2D eigenvalue weighted by atomic mass is 9.96. The Hall–Kier alpha value is -4.30. The molecule has 0 radical (unpaired) electrons. The summed E-state index contributed by atoms with van der Waals surface area (Å²) in [5.41, 5.74) is 2.93. The number of amides is 1. The Labute approximate surface area is 242 Å². The van der Waals surface area contributed by atoms with Crippen LogP contribution >= 0.6 is 22.9 Å². The number of rotatable bonds is 8. The Morgan fingerprint density at radius 1 is 1.10 bits per heavy atom. The van der Waals surface area contributed by atoms with Crippen molar-refractivity contribution in [1.82, 2.24) is 0 Å². The van der Waals surface area contributed by atoms with Gasteiger partial charge in [-0.1, -0.05) is 54.1 Å². The van der Waals surface area contributed by atoms with Gasteiger partial charge in [0, 0.05) is 4.88 Å². The zero-order valence-corrected chi connectivity index (χ0v) is 23.5. The molecule has 0 atom stereocenters. The summed E-state index contributed by atoms with van der Waals surface area (Å²) in [5, 5.41) is 25.3. The van der Waals surface area contributed by atoms with Crippen LogP contribution in [0, 0.1) is 22.7 Å². The van der Waals surface area contributed by atoms with Crippen molar-refractivity contribution >= 4 is 50.7 Å². The lowest BCUT2D eigenvalue weighted by Gasteiger charge is -2.15. The van der Waals surface area contributed by atoms with E-state index >= 15 is 0 Å². The van der Waals surface area contributed by atoms with Gasteiger partial charge in [-0.3, -0.25) is 4.79 Å². The van der Waals surface area contributed by atoms with Crippen LogP contribution in [0.2, 0.25) is 5.02 Å². The van der Waals surface area contributed by atoms with Crippen LogP contribution in [0.1, 0.15) is 46.9 Å². The van der Waals surface area contributed by atoms with Crippen molar-refractivity contribution in [2.45, 2.75) is 39.2 Å². The second-order valence-electron chi connectivity index (χ2n) is 9.34. The van der Waals surface area contributed by atoms with Crippen LogP contribution in [0.5, 0.6) is 11.5 Å². The highest BCUT2D eigenvalue weighted by Gasteiger charge is 2.23. The van der Waals surface area contributed by atoms with Crippen molar-refractivity contribution in [2.75, 3.05) is 11.9 Å². The van der Waals surface area contributed by atoms with E-state index in [4.69, 9.17) is 21.1 Å². The van der Waals surface area contributed by atoms with E-state index in [1.807, 2.05) is 43.3 Å². The lowest BCUT2D eigenvalue weighted by molar-refractivity contribution is -0.112. The monoisotopic (exact) mass is 567 g/mol. The molecule has 0 unspecified atom stereocenters. The van der Waals surface area contributed by atoms with Crippen molar-refractivity contribution in [2.24, 2.45) is 0 Å². The fourth-order valence-electron chi connectivity index (χ4n) is 4.90. The normalized spacial score (nSPS) is 12.8. The molecule has 1 N–H and O–H groups in total. The quantitative estimate of drug-likeness (QED) is 0.173. The molecule has 0 saturated carbocycles. The van der Waals surface area contributed by atoms with E-state index in [0.29, 0.717) is 39.3 Å². The molecule has 1 amide bonds. The van der Waals surface area contributed by atoms with Crippen LogP contribution in [0.4, 0.5) is 5.00 Å². The average Bonchev–Trinajstić information content (AvgIpc) is 3.32. The molecule has 6 nitrogen and oxygen atoms in total. The van der Waals surface area contributed by atoms with Crippen LogP contribution in [0.15, 0.2) is 60.2 Å². The summed E-state index contributed by atoms with van der Waals surface area (Å²) in [5.74, 6) is 0.222. The van der Waals surface area contributed by atoms with Crippen molar-refractivity contribution < 1.29 is 14.3 Å². The number of nitrogens with one attached hydrogen (secondary N) is 1. The van der Waals surface area contributed by atoms with Gasteiger partial charge in [-0.05, 0) is 78.3 Å². The number of benzene rings is 3. The molecular weight excluding hydrogens is 542 g/mol. The van der Waals surface area contributed by atoms with Gasteiger partial charge in [-0.2, -0.15) is 10.5 Å². The van der Waals surface area contributed by atoms with Gasteiger partial charge in [0.15, 0.2) is 11.5 Å². The molecule has 40 heavy (non-hydrogen) atoms. The summed E-state index contributed by atoms with van der Waals surface area (Å²) >= 11 is 8.05. The highest BCUT2D eigenvalue weighted by molar-refractivity contribution is 7.16. The standard InChI is InChI=1S/C32H26ClN3O3S/c1-2-38-28-16-20(15-27(33)30(28)39-19-22-10-7-9-21-8-3-4-11-24(21)22)14-23(17-34)31(37)36-32-26(18-35)25-12-5-6-13-29(25)40-32/h3-4,7-11,14-16H,2,5-6,12-13,19H2,1H3,(H,36,37)/b23-14+. The van der Waals surface area contributed by atoms with Crippen LogP contribution in [-0.4, -0.2) is 12.5 Å². The van der Waals surface area contributed by atoms with E-state index < -0.39 is 5.91 Å². The molecule has 1 aromatic heterocycles. The molecule has 1 aliphatic rings. The predicted octanol–water partition coefficient (Wildman–Crippen LogP) is 7.83. The molecule has 3 aromatic carbocycles. The van der Waals surface area contributed by atoms with Crippen LogP contribution < -0.4 is 14.8 Å². The van der Waals surface area contributed by atoms with Gasteiger partial charge < -0.3 is 14.8 Å². The number of carbonyl (C=O) groups is 1. The van der Waals surface area contributed by atoms with Crippen LogP contribution in [0.3, 0.4) is 0 Å². The number of anilines is 1. The zero-order chi connectivity index (χ0) is 28.1. The molecule has 1 aliphatic carbocycles. The largest absolute Gasteiger partial charge is 0.490 e. The lowest BCUT2D eigenvalue weighted by Crippen LogP contribution is -2.13. The molecule has 4 aromatic rings. The minimum Gasteiger partial charge on any atom is -0.490 e. The summed E-state index contributed by atoms with van der Waals surface area (Å²) in [6, 6.07) is 21.7. The SMILES string of the molecule is CCOc1cc(/C=C(\C#N)C(=O)Nc2sc3c(c2C#N)CCCC3)cc(Cl)c1OCc1cccc2ccccc12. The molecule has 1 heterocycles. The summed E-state index contributed by atoms with van der Waals surface area (Å²) in [4.78, 5) is 14.2. The van der Waals surface area contributed by atoms with E-state index in [0.717, 1.165) is 52.5 Å². The molecule has 5 rings (SSSR count). The number of carbonyl (C=O) groups excluding carboxylic acids is 1. The van der Waals surface area contributed by atoms with Gasteiger partial charge >= 0.3 is 0 Å². The summed E-state index contributed by atoms with van der Waals surface area (Å²) in [6.07, 6.45) is 5.29. The smallest absolute Gasteiger partial charge is 0.266 e. The zero-order valence-electron chi connectivity index (χ0n) is 21.9. The molecule has 200 valence electrons. The Morgan fingerprint density at radius 2 is 1.90 bits per heavy atom. The van der Waals surface area contributed by atoms with Gasteiger partial charge in [-0.25, -0.2) is 0 Å². The maximum absolute atomic E-state index is 13.1. The molecule has 0 saturated heterocycles. The number of ether oxygens (including phenoxy) is 2. The molecular formula is C32H26ClN3O3S. The average molecular weight is 568 g/mol. The first kappa shape index (κ1) is 27.3. The summed E-state index contributed by atoms with van der Waals surface area (Å²) in [6.45, 7) is 2.51. The van der Waals surface area contributed by atoms with E-state index in [2.05, 4.69) is 23.5 Å². The first-order valence-electron chi connectivity index (χ1n) is 13.1. The number of hydrogen-bond donors (Lipinski definition) is 1. The van der Waals surface area contributed by atoms with Gasteiger partial charge in [0.1, 0.15) is 29.3 Å². The minimum absolute atomic E-state index is 0.113. The Kier molecular flexibility index (Phi) is 8.36. The highest BCUT2D eigenvalue weighted by Crippen LogP contribution is 2.39. The Morgan fingerprint density at radius 3 is 2.70 bits per heavy atom. The molecule has 8 heteroatoms. The van der Waals surface area contributed by atoms with E-state index in [1.165, 1.54) is 17.4 Å². The second kappa shape index (κ2) is 12.3. The van der Waals surface area contributed by atoms with E-state index in [-0.39, 0.29) is 12.2 Å². The Bertz CT molecular complexity index is 1710. The fourth-order valence-corrected chi connectivity index (χ4v) is 6.41. The van der Waals surface area contributed by atoms with E-state index in [9.17, 15) is 15.3 Å². The highest BCUT2D eigenvalue weighted by atomic mass is 35.5. The van der Waals surface area contributed by atoms with Gasteiger partial charge in [-0.15, -0.1) is 11.3 Å². The third-order valence-corrected chi connectivity index (χ3v) is 8.26. The van der Waals surface area contributed by atoms with Gasteiger partial charge in [0.05, 0.1) is 17.2 Å². The number of nitriles is 2. The second-order valence-corrected chi connectivity index (χ2v) is 10.9. The maximum atomic E-state index is 13.1. The number of aryl methyl sites for hydroxylation is 1. The molecule has 0 bridgehead atoms. The van der Waals surface area contributed by atoms with Gasteiger partial charge in [0.2, 0.25) is 0 Å². The number of thiophene rings is 1. The first-order chi connectivity index (χ1) is 19.5. The summed E-state index contributed by atoms with van der Waals surface area (Å²) in [7, 11) is 0. The van der Waals surface area contributed by atoms with Crippen molar-refractivity contribution in [1.29, 1.82) is 10.5 Å². The predicted molar refractivity (Wildman–Crippen MR) is 159 cm³/mol. The molecule has 0 spiro atoms. The third-order valence-electron chi connectivity index (χ3n) is 6.77. The van der Waals surface area contributed by atoms with Crippen molar-refractivity contribution in [3.8, 4) is 23.6 Å². The van der Waals surface area contributed by atoms with Crippen LogP contribution in [0.25, 0.3) is 16.8 Å². The van der Waals surface area contributed by atoms with Crippen molar-refractivity contribution in [3.05, 3.63) is 92.3 Å². The number of halogens is 1. The summed E-state index contributed by atoms with van der Waals surface area (Å²) < 4.78 is 12.0. The van der Waals surface area contributed by atoms with Gasteiger partial charge in [0.25, 0.3) is 5.91 Å². The minimum atomic E-state index is -0.581. The topological polar surface area (TPSA) is 95.1 Å². The first-order valence-corrected chi connectivity index (χ1v) is 14.2.